The zero-order chi connectivity index (χ0) is 10.8. The molecule has 0 saturated heterocycles. The highest BCUT2D eigenvalue weighted by Gasteiger charge is 2.10. The molecule has 17 heavy (non-hydrogen) atoms. The summed E-state index contributed by atoms with van der Waals surface area (Å²) < 4.78 is 0. The van der Waals surface area contributed by atoms with E-state index in [9.17, 15) is 0 Å². The molecule has 1 heterocycles. The van der Waals surface area contributed by atoms with E-state index in [1.54, 1.807) is 0 Å². The monoisotopic (exact) mass is 251 g/mol. The third-order valence-electron chi connectivity index (χ3n) is 3.29. The van der Waals surface area contributed by atoms with Crippen molar-refractivity contribution < 1.29 is 0 Å². The first-order valence-electron chi connectivity index (χ1n) is 6.09. The van der Waals surface area contributed by atoms with Crippen LogP contribution in [0.2, 0.25) is 0 Å². The smallest absolute Gasteiger partial charge is 0.195 e. The lowest BCUT2D eigenvalue weighted by atomic mass is 9.91. The summed E-state index contributed by atoms with van der Waals surface area (Å²) in [5.74, 6) is 0.913. The Morgan fingerprint density at radius 1 is 1.12 bits per heavy atom. The summed E-state index contributed by atoms with van der Waals surface area (Å²) in [5, 5.41) is 6.55. The van der Waals surface area contributed by atoms with E-state index in [-0.39, 0.29) is 12.4 Å². The maximum absolute atomic E-state index is 4.34. The Balaban J connectivity index is 0.00000108. The maximum Gasteiger partial charge on any atom is 0.195 e. The van der Waals surface area contributed by atoms with Crippen LogP contribution >= 0.6 is 12.4 Å². The molecule has 2 aliphatic rings. The molecule has 0 fully saturated rings. The predicted molar refractivity (Wildman–Crippen MR) is 74.3 cm³/mol. The summed E-state index contributed by atoms with van der Waals surface area (Å²) in [5.41, 5.74) is 4.20. The molecule has 0 amide bonds. The van der Waals surface area contributed by atoms with Crippen molar-refractivity contribution in [3.05, 3.63) is 29.3 Å². The van der Waals surface area contributed by atoms with E-state index in [1.807, 2.05) is 0 Å². The van der Waals surface area contributed by atoms with Gasteiger partial charge in [-0.1, -0.05) is 6.07 Å². The molecule has 0 bridgehead atoms. The van der Waals surface area contributed by atoms with E-state index >= 15 is 0 Å². The second-order valence-corrected chi connectivity index (χ2v) is 4.47. The third kappa shape index (κ3) is 2.72. The lowest BCUT2D eigenvalue weighted by Crippen LogP contribution is -2.26. The van der Waals surface area contributed by atoms with Gasteiger partial charge in [-0.15, -0.1) is 12.4 Å². The topological polar surface area (TPSA) is 36.4 Å². The molecule has 3 nitrogen and oxygen atoms in total. The summed E-state index contributed by atoms with van der Waals surface area (Å²) in [4.78, 5) is 4.34. The lowest BCUT2D eigenvalue weighted by molar-refractivity contribution is 0.686. The third-order valence-corrected chi connectivity index (χ3v) is 3.29. The number of hydrogen-bond acceptors (Lipinski definition) is 3. The van der Waals surface area contributed by atoms with Crippen molar-refractivity contribution in [2.75, 3.05) is 18.4 Å². The SMILES string of the molecule is Cl.c1cc2c(cc1NC1=NCCN1)CCCC2. The molecular weight excluding hydrogens is 234 g/mol. The van der Waals surface area contributed by atoms with Crippen LogP contribution in [0.1, 0.15) is 24.0 Å². The number of rotatable bonds is 1. The molecule has 1 aromatic rings. The molecule has 4 heteroatoms. The van der Waals surface area contributed by atoms with Gasteiger partial charge in [-0.05, 0) is 48.9 Å². The average molecular weight is 252 g/mol. The van der Waals surface area contributed by atoms with Crippen molar-refractivity contribution in [3.63, 3.8) is 0 Å². The highest BCUT2D eigenvalue weighted by atomic mass is 35.5. The number of aliphatic imine (C=N–C) groups is 1. The number of aryl methyl sites for hydroxylation is 2. The van der Waals surface area contributed by atoms with Crippen molar-refractivity contribution >= 4 is 24.1 Å². The van der Waals surface area contributed by atoms with Crippen LogP contribution in [0, 0.1) is 0 Å². The Kier molecular flexibility index (Phi) is 3.89. The Labute approximate surface area is 108 Å². The Morgan fingerprint density at radius 2 is 1.94 bits per heavy atom. The number of nitrogens with one attached hydrogen (secondary N) is 2. The first-order chi connectivity index (χ1) is 7.92. The number of guanidine groups is 1. The number of halogens is 1. The fourth-order valence-electron chi connectivity index (χ4n) is 2.43. The normalized spacial score (nSPS) is 17.5. The molecule has 1 aromatic carbocycles. The van der Waals surface area contributed by atoms with E-state index in [0.717, 1.165) is 24.7 Å². The second kappa shape index (κ2) is 5.41. The van der Waals surface area contributed by atoms with Gasteiger partial charge in [0.2, 0.25) is 0 Å². The van der Waals surface area contributed by atoms with Gasteiger partial charge in [-0.25, -0.2) is 0 Å². The molecule has 1 aliphatic heterocycles. The highest BCUT2D eigenvalue weighted by Crippen LogP contribution is 2.24. The van der Waals surface area contributed by atoms with E-state index in [0.29, 0.717) is 0 Å². The molecule has 0 spiro atoms. The zero-order valence-electron chi connectivity index (χ0n) is 9.83. The van der Waals surface area contributed by atoms with Crippen molar-refractivity contribution in [1.29, 1.82) is 0 Å². The van der Waals surface area contributed by atoms with Crippen LogP contribution in [-0.2, 0) is 12.8 Å². The van der Waals surface area contributed by atoms with E-state index in [1.165, 1.54) is 36.8 Å². The molecule has 1 aliphatic carbocycles. The average Bonchev–Trinajstić information content (AvgIpc) is 2.82. The van der Waals surface area contributed by atoms with Crippen LogP contribution in [-0.4, -0.2) is 19.0 Å². The van der Waals surface area contributed by atoms with Gasteiger partial charge in [0.1, 0.15) is 0 Å². The van der Waals surface area contributed by atoms with Gasteiger partial charge < -0.3 is 10.6 Å². The van der Waals surface area contributed by atoms with Gasteiger partial charge in [0, 0.05) is 12.2 Å². The number of nitrogens with zero attached hydrogens (tertiary/aromatic N) is 1. The first-order valence-corrected chi connectivity index (χ1v) is 6.09. The highest BCUT2D eigenvalue weighted by molar-refractivity contribution is 5.94. The Morgan fingerprint density at radius 3 is 2.71 bits per heavy atom. The van der Waals surface area contributed by atoms with Crippen LogP contribution in [0.15, 0.2) is 23.2 Å². The minimum Gasteiger partial charge on any atom is -0.354 e. The minimum atomic E-state index is 0. The summed E-state index contributed by atoms with van der Waals surface area (Å²) in [6, 6.07) is 6.69. The van der Waals surface area contributed by atoms with Gasteiger partial charge >= 0.3 is 0 Å². The number of fused-ring (bicyclic) bond motifs is 1. The number of benzene rings is 1. The molecule has 0 radical (unpaired) electrons. The lowest BCUT2D eigenvalue weighted by Gasteiger charge is -2.17. The zero-order valence-corrected chi connectivity index (χ0v) is 10.6. The van der Waals surface area contributed by atoms with E-state index in [2.05, 4.69) is 33.8 Å². The molecule has 0 atom stereocenters. The minimum absolute atomic E-state index is 0. The van der Waals surface area contributed by atoms with Gasteiger partial charge in [0.15, 0.2) is 5.96 Å². The molecule has 0 saturated carbocycles. The van der Waals surface area contributed by atoms with Gasteiger partial charge in [-0.2, -0.15) is 0 Å². The number of hydrogen-bond donors (Lipinski definition) is 2. The fraction of sp³-hybridized carbons (Fsp3) is 0.462. The quantitative estimate of drug-likeness (QED) is 0.804. The van der Waals surface area contributed by atoms with E-state index in [4.69, 9.17) is 0 Å². The van der Waals surface area contributed by atoms with Crippen molar-refractivity contribution in [2.45, 2.75) is 25.7 Å². The van der Waals surface area contributed by atoms with Crippen LogP contribution in [0.5, 0.6) is 0 Å². The fourth-order valence-corrected chi connectivity index (χ4v) is 2.43. The predicted octanol–water partition coefficient (Wildman–Crippen LogP) is 2.36. The van der Waals surface area contributed by atoms with Crippen molar-refractivity contribution in [2.24, 2.45) is 4.99 Å². The van der Waals surface area contributed by atoms with E-state index < -0.39 is 0 Å². The van der Waals surface area contributed by atoms with Crippen LogP contribution in [0.3, 0.4) is 0 Å². The first kappa shape index (κ1) is 12.2. The Bertz CT molecular complexity index is 429. The van der Waals surface area contributed by atoms with Crippen LogP contribution in [0.25, 0.3) is 0 Å². The maximum atomic E-state index is 4.34. The van der Waals surface area contributed by atoms with Gasteiger partial charge in [0.25, 0.3) is 0 Å². The summed E-state index contributed by atoms with van der Waals surface area (Å²) >= 11 is 0. The molecule has 0 unspecified atom stereocenters. The largest absolute Gasteiger partial charge is 0.354 e. The summed E-state index contributed by atoms with van der Waals surface area (Å²) in [6.45, 7) is 1.83. The summed E-state index contributed by atoms with van der Waals surface area (Å²) in [6.07, 6.45) is 5.14. The molecule has 3 rings (SSSR count). The molecule has 92 valence electrons. The van der Waals surface area contributed by atoms with Gasteiger partial charge in [-0.3, -0.25) is 4.99 Å². The second-order valence-electron chi connectivity index (χ2n) is 4.47. The van der Waals surface area contributed by atoms with Crippen LogP contribution < -0.4 is 10.6 Å². The standard InChI is InChI=1S/C13H17N3.ClH/c1-2-4-11-9-12(6-5-10(11)3-1)16-13-14-7-8-15-13;/h5-6,9H,1-4,7-8H2,(H2,14,15,16);1H. The van der Waals surface area contributed by atoms with Crippen molar-refractivity contribution in [3.8, 4) is 0 Å². The van der Waals surface area contributed by atoms with Crippen LogP contribution in [0.4, 0.5) is 5.69 Å². The molecule has 2 N–H and O–H groups in total. The van der Waals surface area contributed by atoms with Crippen molar-refractivity contribution in [1.82, 2.24) is 5.32 Å². The number of anilines is 1. The molecule has 0 aromatic heterocycles. The Hall–Kier alpha value is -1.22. The van der Waals surface area contributed by atoms with Gasteiger partial charge in [0.05, 0.1) is 6.54 Å². The molecular formula is C13H18ClN3. The summed E-state index contributed by atoms with van der Waals surface area (Å²) in [7, 11) is 0.